The molecule has 2 heterocycles. The number of nitrogens with zero attached hydrogens (tertiary/aromatic N) is 1. The number of hydrogen-bond acceptors (Lipinski definition) is 5. The summed E-state index contributed by atoms with van der Waals surface area (Å²) in [5.74, 6) is 0. The zero-order valence-corrected chi connectivity index (χ0v) is 12.2. The van der Waals surface area contributed by atoms with Crippen molar-refractivity contribution in [3.05, 3.63) is 45.2 Å². The maximum absolute atomic E-state index is 12.0. The van der Waals surface area contributed by atoms with Gasteiger partial charge in [-0.3, -0.25) is 0 Å². The molecule has 0 aliphatic carbocycles. The Morgan fingerprint density at radius 1 is 1.32 bits per heavy atom. The Morgan fingerprint density at radius 2 is 2.11 bits per heavy atom. The number of nitrogens with one attached hydrogen (secondary N) is 1. The molecule has 0 saturated heterocycles. The summed E-state index contributed by atoms with van der Waals surface area (Å²) in [5, 5.41) is -0.0210. The van der Waals surface area contributed by atoms with Gasteiger partial charge in [0, 0.05) is 24.2 Å². The summed E-state index contributed by atoms with van der Waals surface area (Å²) in [7, 11) is -3.61. The minimum Gasteiger partial charge on any atom is -0.326 e. The minimum atomic E-state index is -3.61. The zero-order valence-electron chi connectivity index (χ0n) is 9.84. The van der Waals surface area contributed by atoms with Crippen LogP contribution in [0.25, 0.3) is 0 Å². The highest BCUT2D eigenvalue weighted by molar-refractivity contribution is 7.89. The Morgan fingerprint density at radius 3 is 2.63 bits per heavy atom. The lowest BCUT2D eigenvalue weighted by Gasteiger charge is -2.05. The van der Waals surface area contributed by atoms with Crippen LogP contribution in [0.3, 0.4) is 0 Å². The molecule has 2 aromatic rings. The normalized spacial score (nSPS) is 11.7. The van der Waals surface area contributed by atoms with Gasteiger partial charge in [0.1, 0.15) is 0 Å². The smallest absolute Gasteiger partial charge is 0.258 e. The maximum Gasteiger partial charge on any atom is 0.258 e. The molecule has 102 valence electrons. The summed E-state index contributed by atoms with van der Waals surface area (Å²) < 4.78 is 27.1. The van der Waals surface area contributed by atoms with Crippen LogP contribution in [0.1, 0.15) is 10.4 Å². The van der Waals surface area contributed by atoms with E-state index in [-0.39, 0.29) is 11.6 Å². The molecule has 0 saturated carbocycles. The van der Waals surface area contributed by atoms with Crippen molar-refractivity contribution in [2.45, 2.75) is 18.1 Å². The standard InChI is InChI=1S/C11H12ClN3O2S2/c12-10-3-2-9(18-10)7-15-19(16,17)11-4-1-8(5-13)6-14-11/h1-4,6,15H,5,7,13H2. The van der Waals surface area contributed by atoms with E-state index in [1.165, 1.54) is 23.6 Å². The number of aromatic nitrogens is 1. The van der Waals surface area contributed by atoms with Crippen molar-refractivity contribution in [2.75, 3.05) is 0 Å². The molecule has 0 aliphatic rings. The highest BCUT2D eigenvalue weighted by atomic mass is 35.5. The van der Waals surface area contributed by atoms with Gasteiger partial charge in [0.15, 0.2) is 5.03 Å². The Bertz CT molecular complexity index is 653. The largest absolute Gasteiger partial charge is 0.326 e. The predicted octanol–water partition coefficient (Wildman–Crippen LogP) is 1.73. The van der Waals surface area contributed by atoms with Crippen LogP contribution in [0.4, 0.5) is 0 Å². The number of pyridine rings is 1. The summed E-state index contributed by atoms with van der Waals surface area (Å²) in [6.45, 7) is 0.522. The molecule has 0 amide bonds. The summed E-state index contributed by atoms with van der Waals surface area (Å²) in [6.07, 6.45) is 1.45. The summed E-state index contributed by atoms with van der Waals surface area (Å²) >= 11 is 7.11. The van der Waals surface area contributed by atoms with Crippen molar-refractivity contribution in [3.63, 3.8) is 0 Å². The topological polar surface area (TPSA) is 85.1 Å². The van der Waals surface area contributed by atoms with Gasteiger partial charge in [-0.05, 0) is 23.8 Å². The third-order valence-corrected chi connectivity index (χ3v) is 4.92. The first kappa shape index (κ1) is 14.4. The average molecular weight is 318 g/mol. The minimum absolute atomic E-state index is 0.0210. The lowest BCUT2D eigenvalue weighted by molar-refractivity contribution is 0.578. The second-order valence-electron chi connectivity index (χ2n) is 3.74. The van der Waals surface area contributed by atoms with Gasteiger partial charge in [-0.1, -0.05) is 17.7 Å². The second kappa shape index (κ2) is 5.98. The van der Waals surface area contributed by atoms with Crippen LogP contribution in [-0.4, -0.2) is 13.4 Å². The average Bonchev–Trinajstić information content (AvgIpc) is 2.82. The van der Waals surface area contributed by atoms with Crippen molar-refractivity contribution in [1.29, 1.82) is 0 Å². The van der Waals surface area contributed by atoms with Gasteiger partial charge in [-0.15, -0.1) is 11.3 Å². The fourth-order valence-electron chi connectivity index (χ4n) is 1.38. The monoisotopic (exact) mass is 317 g/mol. The third-order valence-electron chi connectivity index (χ3n) is 2.37. The number of rotatable bonds is 5. The predicted molar refractivity (Wildman–Crippen MR) is 75.5 cm³/mol. The van der Waals surface area contributed by atoms with Gasteiger partial charge in [0.2, 0.25) is 0 Å². The molecular formula is C11H12ClN3O2S2. The van der Waals surface area contributed by atoms with E-state index >= 15 is 0 Å². The SMILES string of the molecule is NCc1ccc(S(=O)(=O)NCc2ccc(Cl)s2)nc1. The van der Waals surface area contributed by atoms with Crippen molar-refractivity contribution < 1.29 is 8.42 Å². The van der Waals surface area contributed by atoms with Crippen LogP contribution in [0, 0.1) is 0 Å². The number of hydrogen-bond donors (Lipinski definition) is 2. The summed E-state index contributed by atoms with van der Waals surface area (Å²) in [6, 6.07) is 6.58. The van der Waals surface area contributed by atoms with Gasteiger partial charge < -0.3 is 5.73 Å². The molecule has 0 aromatic carbocycles. The van der Waals surface area contributed by atoms with E-state index < -0.39 is 10.0 Å². The van der Waals surface area contributed by atoms with Crippen LogP contribution in [0.2, 0.25) is 4.34 Å². The lowest BCUT2D eigenvalue weighted by Crippen LogP contribution is -2.23. The Hall–Kier alpha value is -0.990. The van der Waals surface area contributed by atoms with Crippen LogP contribution in [0.15, 0.2) is 35.5 Å². The molecule has 5 nitrogen and oxygen atoms in total. The van der Waals surface area contributed by atoms with Crippen molar-refractivity contribution in [3.8, 4) is 0 Å². The van der Waals surface area contributed by atoms with Crippen molar-refractivity contribution in [1.82, 2.24) is 9.71 Å². The van der Waals surface area contributed by atoms with E-state index in [0.29, 0.717) is 10.9 Å². The first-order valence-electron chi connectivity index (χ1n) is 5.40. The number of sulfonamides is 1. The molecule has 0 spiro atoms. The van der Waals surface area contributed by atoms with Crippen LogP contribution in [0.5, 0.6) is 0 Å². The van der Waals surface area contributed by atoms with E-state index in [4.69, 9.17) is 17.3 Å². The zero-order chi connectivity index (χ0) is 13.9. The molecule has 8 heteroatoms. The molecule has 0 atom stereocenters. The van der Waals surface area contributed by atoms with Crippen LogP contribution >= 0.6 is 22.9 Å². The van der Waals surface area contributed by atoms with Gasteiger partial charge in [0.25, 0.3) is 10.0 Å². The molecule has 2 rings (SSSR count). The fourth-order valence-corrected chi connectivity index (χ4v) is 3.43. The van der Waals surface area contributed by atoms with Crippen molar-refractivity contribution >= 4 is 33.0 Å². The lowest BCUT2D eigenvalue weighted by atomic mass is 10.3. The van der Waals surface area contributed by atoms with Crippen molar-refractivity contribution in [2.24, 2.45) is 5.73 Å². The van der Waals surface area contributed by atoms with E-state index in [1.807, 2.05) is 0 Å². The Labute approximate surface area is 120 Å². The van der Waals surface area contributed by atoms with Gasteiger partial charge in [-0.25, -0.2) is 18.1 Å². The van der Waals surface area contributed by atoms with E-state index in [2.05, 4.69) is 9.71 Å². The molecule has 0 aliphatic heterocycles. The highest BCUT2D eigenvalue weighted by Crippen LogP contribution is 2.21. The Balaban J connectivity index is 2.09. The molecule has 0 fully saturated rings. The summed E-state index contributed by atoms with van der Waals surface area (Å²) in [4.78, 5) is 4.73. The first-order chi connectivity index (χ1) is 9.01. The molecular weight excluding hydrogens is 306 g/mol. The van der Waals surface area contributed by atoms with Gasteiger partial charge in [-0.2, -0.15) is 0 Å². The van der Waals surface area contributed by atoms with E-state index in [1.54, 1.807) is 18.2 Å². The molecule has 19 heavy (non-hydrogen) atoms. The van der Waals surface area contributed by atoms with Crippen LogP contribution in [-0.2, 0) is 23.1 Å². The molecule has 0 radical (unpaired) electrons. The number of nitrogens with two attached hydrogens (primary N) is 1. The van der Waals surface area contributed by atoms with Gasteiger partial charge >= 0.3 is 0 Å². The maximum atomic E-state index is 12.0. The first-order valence-corrected chi connectivity index (χ1v) is 8.08. The van der Waals surface area contributed by atoms with Crippen LogP contribution < -0.4 is 10.5 Å². The second-order valence-corrected chi connectivity index (χ2v) is 7.25. The summed E-state index contributed by atoms with van der Waals surface area (Å²) in [5.41, 5.74) is 6.21. The third kappa shape index (κ3) is 3.74. The fraction of sp³-hybridized carbons (Fsp3) is 0.182. The number of thiophene rings is 1. The van der Waals surface area contributed by atoms with E-state index in [9.17, 15) is 8.42 Å². The van der Waals surface area contributed by atoms with E-state index in [0.717, 1.165) is 10.4 Å². The molecule has 0 unspecified atom stereocenters. The molecule has 0 bridgehead atoms. The molecule has 2 aromatic heterocycles. The molecule has 3 N–H and O–H groups in total. The van der Waals surface area contributed by atoms with Gasteiger partial charge in [0.05, 0.1) is 4.34 Å². The quantitative estimate of drug-likeness (QED) is 0.879. The Kier molecular flexibility index (Phi) is 4.54. The highest BCUT2D eigenvalue weighted by Gasteiger charge is 2.15. The number of halogens is 1.